The lowest BCUT2D eigenvalue weighted by Crippen LogP contribution is -2.50. The number of nitrogens with zero attached hydrogens (tertiary/aromatic N) is 6. The van der Waals surface area contributed by atoms with Gasteiger partial charge in [0, 0.05) is 37.9 Å². The highest BCUT2D eigenvalue weighted by atomic mass is 16.1. The average Bonchev–Trinajstić information content (AvgIpc) is 3.12. The highest BCUT2D eigenvalue weighted by Gasteiger charge is 2.18. The van der Waals surface area contributed by atoms with Crippen molar-refractivity contribution in [2.75, 3.05) is 24.5 Å². The minimum atomic E-state index is -0.113. The second-order valence-corrected chi connectivity index (χ2v) is 7.50. The van der Waals surface area contributed by atoms with Crippen LogP contribution in [0, 0.1) is 6.92 Å². The first-order valence-electron chi connectivity index (χ1n) is 9.96. The normalized spacial score (nSPS) is 17.3. The highest BCUT2D eigenvalue weighted by Crippen LogP contribution is 2.19. The Morgan fingerprint density at radius 3 is 2.83 bits per heavy atom. The quantitative estimate of drug-likeness (QED) is 0.577. The van der Waals surface area contributed by atoms with E-state index >= 15 is 0 Å². The number of nitrogens with one attached hydrogen (secondary N) is 1. The van der Waals surface area contributed by atoms with Crippen molar-refractivity contribution in [3.8, 4) is 11.4 Å². The molecular weight excluding hydrogens is 366 g/mol. The van der Waals surface area contributed by atoms with Gasteiger partial charge >= 0.3 is 0 Å². The van der Waals surface area contributed by atoms with E-state index in [1.165, 1.54) is 0 Å². The summed E-state index contributed by atoms with van der Waals surface area (Å²) in [5.41, 5.74) is 4.42. The fourth-order valence-electron chi connectivity index (χ4n) is 3.88. The van der Waals surface area contributed by atoms with Crippen molar-refractivity contribution in [2.24, 2.45) is 0 Å². The van der Waals surface area contributed by atoms with E-state index in [0.717, 1.165) is 43.1 Å². The largest absolute Gasteiger partial charge is 0.368 e. The molecule has 4 aromatic heterocycles. The van der Waals surface area contributed by atoms with Crippen LogP contribution in [-0.4, -0.2) is 49.7 Å². The molecular formula is C21H23N7O. The van der Waals surface area contributed by atoms with Gasteiger partial charge < -0.3 is 10.2 Å². The molecule has 0 saturated carbocycles. The summed E-state index contributed by atoms with van der Waals surface area (Å²) in [6.07, 6.45) is 4.83. The first kappa shape index (κ1) is 17.8. The first-order chi connectivity index (χ1) is 14.1. The SMILES string of the molecule is CC[C@@H]1CN(c2ccc3nc(-c4ccc5nc(C)cn5n4)cc(=O)n3c2)CCN1. The molecule has 29 heavy (non-hydrogen) atoms. The van der Waals surface area contributed by atoms with E-state index in [4.69, 9.17) is 0 Å². The average molecular weight is 389 g/mol. The molecule has 0 amide bonds. The van der Waals surface area contributed by atoms with Gasteiger partial charge in [0.05, 0.1) is 23.3 Å². The number of aryl methyl sites for hydroxylation is 1. The number of piperazine rings is 1. The van der Waals surface area contributed by atoms with Gasteiger partial charge in [-0.3, -0.25) is 9.20 Å². The third-order valence-corrected chi connectivity index (χ3v) is 5.46. The smallest absolute Gasteiger partial charge is 0.258 e. The molecule has 8 heteroatoms. The molecule has 148 valence electrons. The van der Waals surface area contributed by atoms with E-state index < -0.39 is 0 Å². The molecule has 1 fully saturated rings. The standard InChI is InChI=1S/C21H23N7O/c1-3-15-12-26(9-8-22-15)16-4-6-19-24-18(10-21(29)27(19)13-16)17-5-7-20-23-14(2)11-28(20)25-17/h4-7,10-11,13,15,22H,3,8-9,12H2,1-2H3/t15-/m1/s1. The molecule has 0 radical (unpaired) electrons. The second-order valence-electron chi connectivity index (χ2n) is 7.50. The number of hydrogen-bond acceptors (Lipinski definition) is 6. The Morgan fingerprint density at radius 2 is 1.97 bits per heavy atom. The molecule has 1 aliphatic rings. The van der Waals surface area contributed by atoms with E-state index in [1.54, 1.807) is 15.0 Å². The minimum Gasteiger partial charge on any atom is -0.368 e. The summed E-state index contributed by atoms with van der Waals surface area (Å²) in [5, 5.41) is 8.07. The molecule has 5 rings (SSSR count). The molecule has 0 aromatic carbocycles. The number of anilines is 1. The molecule has 8 nitrogen and oxygen atoms in total. The van der Waals surface area contributed by atoms with E-state index in [9.17, 15) is 4.79 Å². The van der Waals surface area contributed by atoms with Crippen molar-refractivity contribution in [3.63, 3.8) is 0 Å². The molecule has 4 aromatic rings. The topological polar surface area (TPSA) is 79.8 Å². The van der Waals surface area contributed by atoms with E-state index in [2.05, 4.69) is 32.2 Å². The maximum absolute atomic E-state index is 12.8. The number of rotatable bonds is 3. The predicted octanol–water partition coefficient (Wildman–Crippen LogP) is 1.90. The minimum absolute atomic E-state index is 0.113. The number of pyridine rings is 1. The summed E-state index contributed by atoms with van der Waals surface area (Å²) in [7, 11) is 0. The Hall–Kier alpha value is -3.26. The van der Waals surface area contributed by atoms with Crippen molar-refractivity contribution < 1.29 is 0 Å². The Balaban J connectivity index is 1.53. The number of imidazole rings is 1. The molecule has 1 aliphatic heterocycles. The molecule has 0 spiro atoms. The van der Waals surface area contributed by atoms with Crippen LogP contribution in [0.4, 0.5) is 5.69 Å². The number of aromatic nitrogens is 5. The van der Waals surface area contributed by atoms with Gasteiger partial charge in [0.1, 0.15) is 11.3 Å². The maximum Gasteiger partial charge on any atom is 0.258 e. The van der Waals surface area contributed by atoms with E-state index in [-0.39, 0.29) is 5.56 Å². The summed E-state index contributed by atoms with van der Waals surface area (Å²) >= 11 is 0. The zero-order chi connectivity index (χ0) is 20.0. The van der Waals surface area contributed by atoms with Crippen LogP contribution in [0.15, 0.2) is 47.5 Å². The van der Waals surface area contributed by atoms with Crippen LogP contribution in [0.1, 0.15) is 19.0 Å². The van der Waals surface area contributed by atoms with Gasteiger partial charge in [-0.25, -0.2) is 14.5 Å². The van der Waals surface area contributed by atoms with Gasteiger partial charge in [-0.05, 0) is 37.6 Å². The third-order valence-electron chi connectivity index (χ3n) is 5.46. The summed E-state index contributed by atoms with van der Waals surface area (Å²) in [6, 6.07) is 9.70. The Kier molecular flexibility index (Phi) is 4.28. The lowest BCUT2D eigenvalue weighted by molar-refractivity contribution is 0.446. The van der Waals surface area contributed by atoms with Crippen LogP contribution in [0.2, 0.25) is 0 Å². The van der Waals surface area contributed by atoms with Crippen molar-refractivity contribution in [3.05, 3.63) is 58.8 Å². The zero-order valence-corrected chi connectivity index (χ0v) is 16.5. The number of hydrogen-bond donors (Lipinski definition) is 1. The van der Waals surface area contributed by atoms with Crippen LogP contribution < -0.4 is 15.8 Å². The Labute approximate surface area is 167 Å². The highest BCUT2D eigenvalue weighted by molar-refractivity contribution is 5.60. The van der Waals surface area contributed by atoms with Gasteiger partial charge in [-0.1, -0.05) is 6.92 Å². The molecule has 0 unspecified atom stereocenters. The first-order valence-corrected chi connectivity index (χ1v) is 9.96. The fourth-order valence-corrected chi connectivity index (χ4v) is 3.88. The molecule has 5 heterocycles. The summed E-state index contributed by atoms with van der Waals surface area (Å²) in [6.45, 7) is 6.93. The summed E-state index contributed by atoms with van der Waals surface area (Å²) < 4.78 is 3.33. The Morgan fingerprint density at radius 1 is 1.10 bits per heavy atom. The fraction of sp³-hybridized carbons (Fsp3) is 0.333. The lowest BCUT2D eigenvalue weighted by atomic mass is 10.1. The van der Waals surface area contributed by atoms with Crippen LogP contribution >= 0.6 is 0 Å². The molecule has 0 aliphatic carbocycles. The van der Waals surface area contributed by atoms with Gasteiger partial charge in [0.15, 0.2) is 5.65 Å². The third kappa shape index (κ3) is 3.25. The molecule has 1 atom stereocenters. The summed E-state index contributed by atoms with van der Waals surface area (Å²) in [4.78, 5) is 24.2. The van der Waals surface area contributed by atoms with Crippen molar-refractivity contribution in [1.82, 2.24) is 29.3 Å². The molecule has 0 bridgehead atoms. The van der Waals surface area contributed by atoms with Crippen LogP contribution in [-0.2, 0) is 0 Å². The van der Waals surface area contributed by atoms with Gasteiger partial charge in [-0.15, -0.1) is 0 Å². The summed E-state index contributed by atoms with van der Waals surface area (Å²) in [5.74, 6) is 0. The van der Waals surface area contributed by atoms with Crippen LogP contribution in [0.25, 0.3) is 22.7 Å². The Bertz CT molecular complexity index is 1260. The van der Waals surface area contributed by atoms with E-state index in [0.29, 0.717) is 23.1 Å². The molecule has 1 saturated heterocycles. The zero-order valence-electron chi connectivity index (χ0n) is 16.5. The molecule has 1 N–H and O–H groups in total. The van der Waals surface area contributed by atoms with Gasteiger partial charge in [0.25, 0.3) is 5.56 Å². The maximum atomic E-state index is 12.8. The monoisotopic (exact) mass is 389 g/mol. The number of fused-ring (bicyclic) bond motifs is 2. The van der Waals surface area contributed by atoms with Crippen molar-refractivity contribution in [1.29, 1.82) is 0 Å². The predicted molar refractivity (Wildman–Crippen MR) is 112 cm³/mol. The van der Waals surface area contributed by atoms with Crippen molar-refractivity contribution >= 4 is 17.0 Å². The van der Waals surface area contributed by atoms with Crippen LogP contribution in [0.5, 0.6) is 0 Å². The van der Waals surface area contributed by atoms with Gasteiger partial charge in [0.2, 0.25) is 0 Å². The van der Waals surface area contributed by atoms with E-state index in [1.807, 2.05) is 43.6 Å². The van der Waals surface area contributed by atoms with Gasteiger partial charge in [-0.2, -0.15) is 5.10 Å². The lowest BCUT2D eigenvalue weighted by Gasteiger charge is -2.34. The van der Waals surface area contributed by atoms with Crippen LogP contribution in [0.3, 0.4) is 0 Å². The second kappa shape index (κ2) is 6.97. The van der Waals surface area contributed by atoms with Crippen molar-refractivity contribution in [2.45, 2.75) is 26.3 Å².